The van der Waals surface area contributed by atoms with Gasteiger partial charge in [0.05, 0.1) is 6.54 Å². The third-order valence-corrected chi connectivity index (χ3v) is 3.43. The predicted molar refractivity (Wildman–Crippen MR) is 69.0 cm³/mol. The van der Waals surface area contributed by atoms with Crippen LogP contribution in [0.4, 0.5) is 0 Å². The van der Waals surface area contributed by atoms with E-state index in [4.69, 9.17) is 0 Å². The maximum Gasteiger partial charge on any atom is 0.236 e. The maximum atomic E-state index is 11.4. The van der Waals surface area contributed by atoms with E-state index in [0.29, 0.717) is 12.6 Å². The first kappa shape index (κ1) is 12.1. The first-order chi connectivity index (χ1) is 8.06. The topological polar surface area (TPSA) is 32.3 Å². The summed E-state index contributed by atoms with van der Waals surface area (Å²) in [6, 6.07) is 6.94. The number of hydrogen-bond acceptors (Lipinski definition) is 2. The van der Waals surface area contributed by atoms with Crippen LogP contribution in [-0.4, -0.2) is 37.0 Å². The smallest absolute Gasteiger partial charge is 0.236 e. The Labute approximate surface area is 103 Å². The van der Waals surface area contributed by atoms with Gasteiger partial charge < -0.3 is 10.2 Å². The highest BCUT2D eigenvalue weighted by Crippen LogP contribution is 2.14. The molecule has 1 atom stereocenters. The third-order valence-electron chi connectivity index (χ3n) is 3.43. The van der Waals surface area contributed by atoms with Crippen LogP contribution < -0.4 is 5.32 Å². The molecule has 0 aliphatic carbocycles. The van der Waals surface area contributed by atoms with Crippen LogP contribution in [0.1, 0.15) is 16.7 Å². The van der Waals surface area contributed by atoms with E-state index in [1.807, 2.05) is 11.9 Å². The van der Waals surface area contributed by atoms with E-state index in [-0.39, 0.29) is 5.91 Å². The molecule has 1 aliphatic rings. The molecule has 0 bridgehead atoms. The number of nitrogens with one attached hydrogen (secondary N) is 1. The Kier molecular flexibility index (Phi) is 3.48. The Balaban J connectivity index is 2.03. The minimum atomic E-state index is 0.182. The van der Waals surface area contributed by atoms with Crippen molar-refractivity contribution in [2.24, 2.45) is 0 Å². The normalized spacial score (nSPS) is 20.8. The van der Waals surface area contributed by atoms with Gasteiger partial charge in [-0.3, -0.25) is 4.79 Å². The van der Waals surface area contributed by atoms with Crippen molar-refractivity contribution in [3.8, 4) is 0 Å². The van der Waals surface area contributed by atoms with E-state index in [0.717, 1.165) is 13.0 Å². The summed E-state index contributed by atoms with van der Waals surface area (Å²) < 4.78 is 0. The second kappa shape index (κ2) is 4.88. The van der Waals surface area contributed by atoms with Gasteiger partial charge in [-0.05, 0) is 31.4 Å². The van der Waals surface area contributed by atoms with Crippen LogP contribution in [0.5, 0.6) is 0 Å². The molecule has 0 saturated carbocycles. The summed E-state index contributed by atoms with van der Waals surface area (Å²) in [5.74, 6) is 0.182. The molecule has 2 rings (SSSR count). The van der Waals surface area contributed by atoms with Crippen molar-refractivity contribution in [3.63, 3.8) is 0 Å². The first-order valence-corrected chi connectivity index (χ1v) is 6.10. The van der Waals surface area contributed by atoms with Crippen molar-refractivity contribution in [2.45, 2.75) is 26.3 Å². The van der Waals surface area contributed by atoms with E-state index >= 15 is 0 Å². The number of amides is 1. The number of piperazine rings is 1. The van der Waals surface area contributed by atoms with Crippen LogP contribution in [0.2, 0.25) is 0 Å². The van der Waals surface area contributed by atoms with E-state index in [1.165, 1.54) is 16.7 Å². The average Bonchev–Trinajstić information content (AvgIpc) is 2.27. The number of carbonyl (C=O) groups excluding carboxylic acids is 1. The van der Waals surface area contributed by atoms with E-state index in [9.17, 15) is 4.79 Å². The summed E-state index contributed by atoms with van der Waals surface area (Å²) >= 11 is 0. The number of rotatable bonds is 2. The van der Waals surface area contributed by atoms with Crippen molar-refractivity contribution < 1.29 is 4.79 Å². The zero-order chi connectivity index (χ0) is 12.4. The van der Waals surface area contributed by atoms with E-state index in [2.05, 4.69) is 37.4 Å². The average molecular weight is 232 g/mol. The number of aryl methyl sites for hydroxylation is 2. The van der Waals surface area contributed by atoms with Crippen LogP contribution >= 0.6 is 0 Å². The summed E-state index contributed by atoms with van der Waals surface area (Å²) in [6.45, 7) is 5.53. The van der Waals surface area contributed by atoms with Crippen LogP contribution in [0.25, 0.3) is 0 Å². The molecule has 1 aromatic carbocycles. The largest absolute Gasteiger partial charge is 0.343 e. The van der Waals surface area contributed by atoms with Crippen molar-refractivity contribution in [3.05, 3.63) is 34.9 Å². The molecule has 1 saturated heterocycles. The number of carbonyl (C=O) groups is 1. The fraction of sp³-hybridized carbons (Fsp3) is 0.500. The zero-order valence-electron chi connectivity index (χ0n) is 10.8. The Bertz CT molecular complexity index is 428. The Morgan fingerprint density at radius 2 is 2.18 bits per heavy atom. The van der Waals surface area contributed by atoms with E-state index in [1.54, 1.807) is 0 Å². The first-order valence-electron chi connectivity index (χ1n) is 6.10. The lowest BCUT2D eigenvalue weighted by Gasteiger charge is -2.31. The fourth-order valence-electron chi connectivity index (χ4n) is 2.34. The number of nitrogens with zero attached hydrogens (tertiary/aromatic N) is 1. The second-order valence-electron chi connectivity index (χ2n) is 4.99. The van der Waals surface area contributed by atoms with E-state index < -0.39 is 0 Å². The molecule has 1 aliphatic heterocycles. The van der Waals surface area contributed by atoms with Gasteiger partial charge in [0, 0.05) is 19.6 Å². The van der Waals surface area contributed by atoms with Crippen molar-refractivity contribution in [1.29, 1.82) is 0 Å². The molecule has 1 aromatic rings. The minimum Gasteiger partial charge on any atom is -0.343 e. The lowest BCUT2D eigenvalue weighted by Crippen LogP contribution is -2.53. The molecule has 3 nitrogen and oxygen atoms in total. The zero-order valence-corrected chi connectivity index (χ0v) is 10.8. The molecule has 92 valence electrons. The minimum absolute atomic E-state index is 0.182. The standard InChI is InChI=1S/C14H20N2O/c1-10-4-5-12(11(2)6-10)7-13-9-16(3)14(17)8-15-13/h4-6,13,15H,7-9H2,1-3H3. The molecule has 1 heterocycles. The highest BCUT2D eigenvalue weighted by molar-refractivity contribution is 5.78. The fourth-order valence-corrected chi connectivity index (χ4v) is 2.34. The Hall–Kier alpha value is -1.35. The summed E-state index contributed by atoms with van der Waals surface area (Å²) in [5.41, 5.74) is 4.01. The molecular weight excluding hydrogens is 212 g/mol. The molecule has 1 unspecified atom stereocenters. The molecule has 0 spiro atoms. The molecule has 0 aromatic heterocycles. The highest BCUT2D eigenvalue weighted by atomic mass is 16.2. The van der Waals surface area contributed by atoms with Crippen molar-refractivity contribution >= 4 is 5.91 Å². The van der Waals surface area contributed by atoms with Gasteiger partial charge in [0.25, 0.3) is 0 Å². The van der Waals surface area contributed by atoms with Gasteiger partial charge in [-0.25, -0.2) is 0 Å². The quantitative estimate of drug-likeness (QED) is 0.833. The van der Waals surface area contributed by atoms with Crippen LogP contribution in [0.3, 0.4) is 0 Å². The van der Waals surface area contributed by atoms with Gasteiger partial charge in [0.15, 0.2) is 0 Å². The van der Waals surface area contributed by atoms with Crippen LogP contribution in [0, 0.1) is 13.8 Å². The third kappa shape index (κ3) is 2.86. The molecule has 1 N–H and O–H groups in total. The number of likely N-dealkylation sites (N-methyl/N-ethyl adjacent to an activating group) is 1. The lowest BCUT2D eigenvalue weighted by molar-refractivity contribution is -0.131. The van der Waals surface area contributed by atoms with Gasteiger partial charge in [-0.15, -0.1) is 0 Å². The monoisotopic (exact) mass is 232 g/mol. The Morgan fingerprint density at radius 1 is 1.41 bits per heavy atom. The summed E-state index contributed by atoms with van der Waals surface area (Å²) in [4.78, 5) is 13.2. The van der Waals surface area contributed by atoms with Gasteiger partial charge in [0.2, 0.25) is 5.91 Å². The van der Waals surface area contributed by atoms with Gasteiger partial charge >= 0.3 is 0 Å². The predicted octanol–water partition coefficient (Wildman–Crippen LogP) is 1.28. The number of benzene rings is 1. The molecule has 0 radical (unpaired) electrons. The summed E-state index contributed by atoms with van der Waals surface area (Å²) in [5, 5.41) is 3.30. The van der Waals surface area contributed by atoms with Crippen molar-refractivity contribution in [1.82, 2.24) is 10.2 Å². The maximum absolute atomic E-state index is 11.4. The number of hydrogen-bond donors (Lipinski definition) is 1. The van der Waals surface area contributed by atoms with Crippen LogP contribution in [-0.2, 0) is 11.2 Å². The molecule has 3 heteroatoms. The van der Waals surface area contributed by atoms with Gasteiger partial charge in [-0.2, -0.15) is 0 Å². The summed E-state index contributed by atoms with van der Waals surface area (Å²) in [7, 11) is 1.87. The van der Waals surface area contributed by atoms with Crippen molar-refractivity contribution in [2.75, 3.05) is 20.1 Å². The molecule has 17 heavy (non-hydrogen) atoms. The van der Waals surface area contributed by atoms with Crippen LogP contribution in [0.15, 0.2) is 18.2 Å². The van der Waals surface area contributed by atoms with Gasteiger partial charge in [0.1, 0.15) is 0 Å². The van der Waals surface area contributed by atoms with Gasteiger partial charge in [-0.1, -0.05) is 23.8 Å². The molecule has 1 amide bonds. The highest BCUT2D eigenvalue weighted by Gasteiger charge is 2.22. The SMILES string of the molecule is Cc1ccc(CC2CN(C)C(=O)CN2)c(C)c1. The molecule has 1 fully saturated rings. The molecular formula is C14H20N2O. The summed E-state index contributed by atoms with van der Waals surface area (Å²) in [6.07, 6.45) is 0.990. The second-order valence-corrected chi connectivity index (χ2v) is 4.99. The lowest BCUT2D eigenvalue weighted by atomic mass is 9.98. The Morgan fingerprint density at radius 3 is 2.82 bits per heavy atom.